The smallest absolute Gasteiger partial charge is 0.141 e. The first-order valence-electron chi connectivity index (χ1n) is 7.51. The highest BCUT2D eigenvalue weighted by atomic mass is 35.5. The molecule has 20 heavy (non-hydrogen) atoms. The monoisotopic (exact) mass is 297 g/mol. The van der Waals surface area contributed by atoms with Gasteiger partial charge in [0, 0.05) is 12.5 Å². The zero-order valence-corrected chi connectivity index (χ0v) is 13.1. The van der Waals surface area contributed by atoms with Gasteiger partial charge in [0.15, 0.2) is 0 Å². The Kier molecular flexibility index (Phi) is 5.22. The molecule has 0 spiro atoms. The Hall–Kier alpha value is -0.870. The lowest BCUT2D eigenvalue weighted by molar-refractivity contribution is -0.123. The van der Waals surface area contributed by atoms with Crippen LogP contribution >= 0.6 is 11.6 Å². The molecule has 0 saturated heterocycles. The Labute approximate surface area is 125 Å². The minimum Gasteiger partial charge on any atom is -0.330 e. The second kappa shape index (κ2) is 6.72. The number of Topliss-reactive ketones (excluding diaryl/α,β-unsaturated/α-hetero) is 1. The van der Waals surface area contributed by atoms with Crippen LogP contribution in [0.2, 0.25) is 5.02 Å². The zero-order chi connectivity index (χ0) is 14.7. The van der Waals surface area contributed by atoms with Crippen molar-refractivity contribution in [2.45, 2.75) is 52.5 Å². The first-order valence-corrected chi connectivity index (χ1v) is 7.89. The fourth-order valence-electron chi connectivity index (χ4n) is 3.07. The van der Waals surface area contributed by atoms with Crippen LogP contribution in [0.3, 0.4) is 0 Å². The lowest BCUT2D eigenvalue weighted by Gasteiger charge is -2.26. The molecule has 1 aliphatic carbocycles. The summed E-state index contributed by atoms with van der Waals surface area (Å²) in [5.41, 5.74) is 7.38. The van der Waals surface area contributed by atoms with Gasteiger partial charge in [-0.05, 0) is 52.0 Å². The Morgan fingerprint density at radius 1 is 1.40 bits per heavy atom. The van der Waals surface area contributed by atoms with Crippen molar-refractivity contribution in [1.29, 1.82) is 0 Å². The number of aryl methyl sites for hydroxylation is 2. The third-order valence-electron chi connectivity index (χ3n) is 4.43. The summed E-state index contributed by atoms with van der Waals surface area (Å²) in [6.07, 6.45) is 4.50. The molecule has 0 amide bonds. The molecule has 1 fully saturated rings. The van der Waals surface area contributed by atoms with Gasteiger partial charge in [0.05, 0.1) is 22.8 Å². The average molecular weight is 298 g/mol. The van der Waals surface area contributed by atoms with Gasteiger partial charge in [0.1, 0.15) is 5.78 Å². The van der Waals surface area contributed by atoms with Gasteiger partial charge in [-0.3, -0.25) is 9.48 Å². The van der Waals surface area contributed by atoms with E-state index in [1.165, 1.54) is 0 Å². The van der Waals surface area contributed by atoms with Crippen LogP contribution in [0.25, 0.3) is 0 Å². The van der Waals surface area contributed by atoms with Crippen LogP contribution in [0.15, 0.2) is 0 Å². The summed E-state index contributed by atoms with van der Waals surface area (Å²) in [4.78, 5) is 12.5. The number of hydrogen-bond acceptors (Lipinski definition) is 3. The number of hydrogen-bond donors (Lipinski definition) is 1. The summed E-state index contributed by atoms with van der Waals surface area (Å²) in [5, 5.41) is 5.02. The largest absolute Gasteiger partial charge is 0.330 e. The molecule has 0 aromatic carbocycles. The van der Waals surface area contributed by atoms with E-state index in [1.54, 1.807) is 0 Å². The van der Waals surface area contributed by atoms with E-state index in [4.69, 9.17) is 17.3 Å². The molecule has 2 N–H and O–H groups in total. The van der Waals surface area contributed by atoms with Crippen molar-refractivity contribution in [3.8, 4) is 0 Å². The maximum absolute atomic E-state index is 12.5. The highest BCUT2D eigenvalue weighted by Gasteiger charge is 2.27. The molecular formula is C15H24ClN3O. The van der Waals surface area contributed by atoms with Gasteiger partial charge in [-0.2, -0.15) is 5.10 Å². The molecule has 4 nitrogen and oxygen atoms in total. The molecule has 1 aliphatic rings. The molecule has 1 aromatic heterocycles. The van der Waals surface area contributed by atoms with Gasteiger partial charge in [-0.1, -0.05) is 11.6 Å². The fourth-order valence-corrected chi connectivity index (χ4v) is 3.27. The van der Waals surface area contributed by atoms with E-state index < -0.39 is 0 Å². The van der Waals surface area contributed by atoms with E-state index in [0.29, 0.717) is 23.1 Å². The standard InChI is InChI=1S/C15H24ClN3O/c1-3-19-13(15(16)10(2)18-19)8-14(20)12-6-4-11(9-17)5-7-12/h11-12H,3-9,17H2,1-2H3. The van der Waals surface area contributed by atoms with Crippen molar-refractivity contribution >= 4 is 17.4 Å². The van der Waals surface area contributed by atoms with Gasteiger partial charge in [-0.25, -0.2) is 0 Å². The molecule has 0 radical (unpaired) electrons. The summed E-state index contributed by atoms with van der Waals surface area (Å²) >= 11 is 6.27. The van der Waals surface area contributed by atoms with Crippen LogP contribution in [-0.2, 0) is 17.8 Å². The van der Waals surface area contributed by atoms with E-state index in [9.17, 15) is 4.79 Å². The second-order valence-electron chi connectivity index (χ2n) is 5.76. The number of aromatic nitrogens is 2. The van der Waals surface area contributed by atoms with Crippen molar-refractivity contribution < 1.29 is 4.79 Å². The molecule has 0 aliphatic heterocycles. The molecule has 1 heterocycles. The summed E-state index contributed by atoms with van der Waals surface area (Å²) < 4.78 is 1.85. The van der Waals surface area contributed by atoms with Crippen LogP contribution in [0, 0.1) is 18.8 Å². The summed E-state index contributed by atoms with van der Waals surface area (Å²) in [6.45, 7) is 5.39. The topological polar surface area (TPSA) is 60.9 Å². The first kappa shape index (κ1) is 15.5. The SMILES string of the molecule is CCn1nc(C)c(Cl)c1CC(=O)C1CCC(CN)CC1. The van der Waals surface area contributed by atoms with Crippen molar-refractivity contribution in [3.63, 3.8) is 0 Å². The molecule has 2 rings (SSSR count). The average Bonchev–Trinajstić information content (AvgIpc) is 2.75. The highest BCUT2D eigenvalue weighted by molar-refractivity contribution is 6.32. The predicted molar refractivity (Wildman–Crippen MR) is 80.9 cm³/mol. The molecule has 1 saturated carbocycles. The van der Waals surface area contributed by atoms with E-state index >= 15 is 0 Å². The quantitative estimate of drug-likeness (QED) is 0.909. The lowest BCUT2D eigenvalue weighted by atomic mass is 9.79. The maximum atomic E-state index is 12.5. The minimum absolute atomic E-state index is 0.175. The number of carbonyl (C=O) groups excluding carboxylic acids is 1. The van der Waals surface area contributed by atoms with Gasteiger partial charge in [0.2, 0.25) is 0 Å². The Balaban J connectivity index is 2.02. The van der Waals surface area contributed by atoms with Gasteiger partial charge in [-0.15, -0.1) is 0 Å². The Bertz CT molecular complexity index is 476. The van der Waals surface area contributed by atoms with E-state index in [-0.39, 0.29) is 5.92 Å². The van der Waals surface area contributed by atoms with Crippen LogP contribution in [0.1, 0.15) is 44.0 Å². The van der Waals surface area contributed by atoms with Crippen molar-refractivity contribution in [1.82, 2.24) is 9.78 Å². The number of ketones is 1. The third-order valence-corrected chi connectivity index (χ3v) is 4.92. The number of carbonyl (C=O) groups is 1. The Morgan fingerprint density at radius 2 is 2.05 bits per heavy atom. The molecule has 0 atom stereocenters. The van der Waals surface area contributed by atoms with Crippen LogP contribution in [-0.4, -0.2) is 22.1 Å². The van der Waals surface area contributed by atoms with Crippen LogP contribution in [0.4, 0.5) is 0 Å². The van der Waals surface area contributed by atoms with Crippen molar-refractivity contribution in [3.05, 3.63) is 16.4 Å². The van der Waals surface area contributed by atoms with Crippen LogP contribution in [0.5, 0.6) is 0 Å². The van der Waals surface area contributed by atoms with Gasteiger partial charge >= 0.3 is 0 Å². The third kappa shape index (κ3) is 3.23. The van der Waals surface area contributed by atoms with Crippen LogP contribution < -0.4 is 5.73 Å². The number of nitrogens with two attached hydrogens (primary N) is 1. The predicted octanol–water partition coefficient (Wildman–Crippen LogP) is 2.74. The van der Waals surface area contributed by atoms with E-state index in [2.05, 4.69) is 5.10 Å². The second-order valence-corrected chi connectivity index (χ2v) is 6.14. The van der Waals surface area contributed by atoms with E-state index in [0.717, 1.165) is 50.2 Å². The summed E-state index contributed by atoms with van der Waals surface area (Å²) in [7, 11) is 0. The summed E-state index contributed by atoms with van der Waals surface area (Å²) in [5.74, 6) is 1.08. The van der Waals surface area contributed by atoms with E-state index in [1.807, 2.05) is 18.5 Å². The van der Waals surface area contributed by atoms with Crippen molar-refractivity contribution in [2.24, 2.45) is 17.6 Å². The summed E-state index contributed by atoms with van der Waals surface area (Å²) in [6, 6.07) is 0. The Morgan fingerprint density at radius 3 is 2.60 bits per heavy atom. The zero-order valence-electron chi connectivity index (χ0n) is 12.4. The normalized spacial score (nSPS) is 23.0. The molecule has 5 heteroatoms. The molecule has 1 aromatic rings. The molecular weight excluding hydrogens is 274 g/mol. The number of rotatable bonds is 5. The molecule has 0 bridgehead atoms. The van der Waals surface area contributed by atoms with Gasteiger partial charge < -0.3 is 5.73 Å². The molecule has 0 unspecified atom stereocenters. The fraction of sp³-hybridized carbons (Fsp3) is 0.733. The lowest BCUT2D eigenvalue weighted by Crippen LogP contribution is -2.27. The molecule has 112 valence electrons. The number of halogens is 1. The minimum atomic E-state index is 0.175. The van der Waals surface area contributed by atoms with Gasteiger partial charge in [0.25, 0.3) is 0 Å². The maximum Gasteiger partial charge on any atom is 0.141 e. The van der Waals surface area contributed by atoms with Crippen molar-refractivity contribution in [2.75, 3.05) is 6.54 Å². The highest BCUT2D eigenvalue weighted by Crippen LogP contribution is 2.30. The number of nitrogens with zero attached hydrogens (tertiary/aromatic N) is 2. The first-order chi connectivity index (χ1) is 9.56.